The van der Waals surface area contributed by atoms with E-state index in [4.69, 9.17) is 37.8 Å². The first-order valence-electron chi connectivity index (χ1n) is 10.1. The average molecular weight is 536 g/mol. The molecule has 5 nitrogen and oxygen atoms in total. The molecule has 0 bridgehead atoms. The van der Waals surface area contributed by atoms with E-state index in [0.717, 1.165) is 43.0 Å². The van der Waals surface area contributed by atoms with E-state index in [0.29, 0.717) is 15.3 Å². The molecular formula is C24H20Cl2FN3O2S2. The van der Waals surface area contributed by atoms with Gasteiger partial charge >= 0.3 is 6.15 Å². The Morgan fingerprint density at radius 1 is 1.06 bits per heavy atom. The van der Waals surface area contributed by atoms with Gasteiger partial charge in [-0.05, 0) is 49.2 Å². The number of carbonyl (C=O) groups excluding carboxylic acids is 2. The van der Waals surface area contributed by atoms with E-state index in [1.165, 1.54) is 12.1 Å². The number of aromatic nitrogens is 3. The van der Waals surface area contributed by atoms with Crippen molar-refractivity contribution in [2.45, 2.75) is 37.2 Å². The van der Waals surface area contributed by atoms with E-state index in [9.17, 15) is 4.39 Å². The first-order chi connectivity index (χ1) is 16.1. The van der Waals surface area contributed by atoms with Gasteiger partial charge in [-0.1, -0.05) is 60.5 Å². The smallest absolute Gasteiger partial charge is 0.217 e. The summed E-state index contributed by atoms with van der Waals surface area (Å²) in [7, 11) is 0. The Labute approximate surface area is 214 Å². The first-order valence-corrected chi connectivity index (χ1v) is 12.5. The third-order valence-electron chi connectivity index (χ3n) is 4.57. The van der Waals surface area contributed by atoms with Crippen molar-refractivity contribution in [2.75, 3.05) is 0 Å². The fourth-order valence-corrected chi connectivity index (χ4v) is 5.99. The molecule has 2 aromatic carbocycles. The van der Waals surface area contributed by atoms with Crippen molar-refractivity contribution in [3.63, 3.8) is 0 Å². The van der Waals surface area contributed by atoms with E-state index in [1.54, 1.807) is 33.8 Å². The Balaban J connectivity index is 0.00000103. The summed E-state index contributed by atoms with van der Waals surface area (Å²) in [5.41, 5.74) is 5.13. The monoisotopic (exact) mass is 535 g/mol. The summed E-state index contributed by atoms with van der Waals surface area (Å²) in [5, 5.41) is 6.80. The van der Waals surface area contributed by atoms with Crippen molar-refractivity contribution < 1.29 is 14.0 Å². The van der Waals surface area contributed by atoms with Crippen LogP contribution in [0, 0.1) is 19.7 Å². The topological polar surface area (TPSA) is 64.8 Å². The molecule has 0 amide bonds. The normalized spacial score (nSPS) is 10.7. The van der Waals surface area contributed by atoms with Crippen LogP contribution in [0.25, 0.3) is 27.5 Å². The molecule has 0 aliphatic heterocycles. The van der Waals surface area contributed by atoms with Gasteiger partial charge in [0.05, 0.1) is 25.6 Å². The Morgan fingerprint density at radius 3 is 2.38 bits per heavy atom. The molecule has 10 heteroatoms. The zero-order valence-electron chi connectivity index (χ0n) is 18.7. The minimum Gasteiger partial charge on any atom is -0.217 e. The van der Waals surface area contributed by atoms with E-state index in [2.05, 4.69) is 18.9 Å². The Bertz CT molecular complexity index is 1340. The van der Waals surface area contributed by atoms with Crippen LogP contribution in [0.4, 0.5) is 4.39 Å². The summed E-state index contributed by atoms with van der Waals surface area (Å²) in [6, 6.07) is 10.5. The van der Waals surface area contributed by atoms with Gasteiger partial charge in [0.15, 0.2) is 0 Å². The summed E-state index contributed by atoms with van der Waals surface area (Å²) in [6.45, 7) is 8.09. The largest absolute Gasteiger partial charge is 0.373 e. The fraction of sp³-hybridized carbons (Fsp3) is 0.208. The maximum absolute atomic E-state index is 13.9. The maximum atomic E-state index is 13.9. The van der Waals surface area contributed by atoms with Gasteiger partial charge in [0.25, 0.3) is 0 Å². The lowest BCUT2D eigenvalue weighted by Crippen LogP contribution is -1.94. The van der Waals surface area contributed by atoms with Gasteiger partial charge < -0.3 is 0 Å². The zero-order valence-corrected chi connectivity index (χ0v) is 21.9. The second-order valence-corrected chi connectivity index (χ2v) is 11.2. The Hall–Kier alpha value is -2.48. The van der Waals surface area contributed by atoms with Gasteiger partial charge in [-0.25, -0.2) is 14.1 Å². The predicted octanol–water partition coefficient (Wildman–Crippen LogP) is 7.64. The van der Waals surface area contributed by atoms with Crippen molar-refractivity contribution in [1.29, 1.82) is 0 Å². The molecular weight excluding hydrogens is 516 g/mol. The second-order valence-electron chi connectivity index (χ2n) is 7.60. The number of rotatable bonds is 5. The summed E-state index contributed by atoms with van der Waals surface area (Å²) in [4.78, 5) is 21.1. The van der Waals surface area contributed by atoms with Crippen molar-refractivity contribution in [3.8, 4) is 27.5 Å². The van der Waals surface area contributed by atoms with E-state index in [1.807, 2.05) is 38.2 Å². The maximum Gasteiger partial charge on any atom is 0.373 e. The molecule has 0 saturated heterocycles. The third kappa shape index (κ3) is 6.14. The number of nitrogens with zero attached hydrogens (tertiary/aromatic N) is 3. The molecule has 176 valence electrons. The van der Waals surface area contributed by atoms with Gasteiger partial charge in [-0.3, -0.25) is 0 Å². The highest BCUT2D eigenvalue weighted by atomic mass is 35.5. The molecule has 0 saturated carbocycles. The van der Waals surface area contributed by atoms with Crippen LogP contribution >= 0.6 is 46.3 Å². The van der Waals surface area contributed by atoms with Gasteiger partial charge in [0.2, 0.25) is 5.13 Å². The lowest BCUT2D eigenvalue weighted by Gasteiger charge is -2.05. The summed E-state index contributed by atoms with van der Waals surface area (Å²) < 4.78 is 16.8. The van der Waals surface area contributed by atoms with Crippen LogP contribution in [0.1, 0.15) is 25.1 Å². The Kier molecular flexibility index (Phi) is 8.68. The highest BCUT2D eigenvalue weighted by Crippen LogP contribution is 2.41. The van der Waals surface area contributed by atoms with Crippen LogP contribution in [-0.4, -0.2) is 26.2 Å². The molecule has 0 aliphatic rings. The lowest BCUT2D eigenvalue weighted by molar-refractivity contribution is -0.191. The highest BCUT2D eigenvalue weighted by Gasteiger charge is 2.19. The minimum atomic E-state index is -0.256. The molecule has 4 aromatic rings. The van der Waals surface area contributed by atoms with Crippen LogP contribution in [0.15, 0.2) is 46.8 Å². The number of hydrogen-bond acceptors (Lipinski definition) is 6. The quantitative estimate of drug-likeness (QED) is 0.245. The van der Waals surface area contributed by atoms with Crippen LogP contribution in [0.2, 0.25) is 10.0 Å². The molecule has 2 aromatic heterocycles. The summed E-state index contributed by atoms with van der Waals surface area (Å²) >= 11 is 15.7. The zero-order chi connectivity index (χ0) is 25.0. The van der Waals surface area contributed by atoms with Gasteiger partial charge in [-0.2, -0.15) is 14.7 Å². The first kappa shape index (κ1) is 26.1. The van der Waals surface area contributed by atoms with Gasteiger partial charge in [0, 0.05) is 22.6 Å². The molecule has 34 heavy (non-hydrogen) atoms. The fourth-order valence-electron chi connectivity index (χ4n) is 3.25. The third-order valence-corrected chi connectivity index (χ3v) is 7.56. The lowest BCUT2D eigenvalue weighted by atomic mass is 10.0. The molecule has 0 spiro atoms. The van der Waals surface area contributed by atoms with E-state index in [-0.39, 0.29) is 12.0 Å². The van der Waals surface area contributed by atoms with Crippen molar-refractivity contribution in [1.82, 2.24) is 14.8 Å². The summed E-state index contributed by atoms with van der Waals surface area (Å²) in [5.74, 6) is -0.256. The highest BCUT2D eigenvalue weighted by molar-refractivity contribution is 8.01. The van der Waals surface area contributed by atoms with E-state index < -0.39 is 0 Å². The van der Waals surface area contributed by atoms with Crippen LogP contribution in [0.5, 0.6) is 0 Å². The van der Waals surface area contributed by atoms with Crippen LogP contribution in [0.3, 0.4) is 0 Å². The van der Waals surface area contributed by atoms with Gasteiger partial charge in [0.1, 0.15) is 5.82 Å². The van der Waals surface area contributed by atoms with Gasteiger partial charge in [-0.15, -0.1) is 11.8 Å². The minimum absolute atomic E-state index is 0.250. The number of benzene rings is 2. The molecule has 0 radical (unpaired) electrons. The number of thiazole rings is 1. The number of halogens is 3. The molecule has 0 aliphatic carbocycles. The molecule has 0 N–H and O–H groups in total. The van der Waals surface area contributed by atoms with E-state index >= 15 is 0 Å². The Morgan fingerprint density at radius 2 is 1.76 bits per heavy atom. The van der Waals surface area contributed by atoms with Crippen molar-refractivity contribution >= 4 is 52.5 Å². The van der Waals surface area contributed by atoms with Crippen molar-refractivity contribution in [2.24, 2.45) is 0 Å². The number of hydrogen-bond donors (Lipinski definition) is 0. The van der Waals surface area contributed by atoms with Crippen LogP contribution in [-0.2, 0) is 9.59 Å². The van der Waals surface area contributed by atoms with Crippen LogP contribution < -0.4 is 0 Å². The molecule has 0 atom stereocenters. The second kappa shape index (κ2) is 11.3. The predicted molar refractivity (Wildman–Crippen MR) is 136 cm³/mol. The average Bonchev–Trinajstić information content (AvgIpc) is 3.33. The number of aryl methyl sites for hydroxylation is 2. The summed E-state index contributed by atoms with van der Waals surface area (Å²) in [6.07, 6.45) is 2.16. The van der Waals surface area contributed by atoms with Crippen molar-refractivity contribution in [3.05, 3.63) is 69.7 Å². The standard InChI is InChI=1S/C23H20Cl2FN3S2.CO2/c1-12(2)30-22-21(15-5-6-19(24)20(25)10-15)27-23(31-22)29-11-18(14(4)28-29)16-7-13(3)8-17(26)9-16;2-1-3/h5-12H,1-4H3;. The molecule has 0 fully saturated rings. The number of thioether (sulfide) groups is 1. The molecule has 0 unspecified atom stereocenters. The molecule has 4 rings (SSSR count). The molecule has 2 heterocycles. The SMILES string of the molecule is Cc1cc(F)cc(-c2cn(-c3nc(-c4ccc(Cl)c(Cl)c4)c(SC(C)C)s3)nc2C)c1.O=C=O.